The molecule has 2 aliphatic rings. The Morgan fingerprint density at radius 1 is 1.27 bits per heavy atom. The minimum absolute atomic E-state index is 0.0326. The topological polar surface area (TPSA) is 117 Å². The first kappa shape index (κ1) is 20.0. The van der Waals surface area contributed by atoms with E-state index < -0.39 is 22.2 Å². The van der Waals surface area contributed by atoms with Crippen molar-refractivity contribution < 1.29 is 22.7 Å². The fraction of sp³-hybridized carbons (Fsp3) is 0.300. The van der Waals surface area contributed by atoms with E-state index >= 15 is 0 Å². The zero-order valence-corrected chi connectivity index (χ0v) is 17.2. The Morgan fingerprint density at radius 2 is 2.07 bits per heavy atom. The number of rotatable bonds is 5. The van der Waals surface area contributed by atoms with Crippen molar-refractivity contribution in [3.8, 4) is 5.75 Å². The highest BCUT2D eigenvalue weighted by Gasteiger charge is 2.29. The summed E-state index contributed by atoms with van der Waals surface area (Å²) in [6.45, 7) is 2.03. The summed E-state index contributed by atoms with van der Waals surface area (Å²) in [5, 5.41) is 7.89. The number of amides is 3. The largest absolute Gasteiger partial charge is 0.479 e. The van der Waals surface area contributed by atoms with Crippen LogP contribution in [0.25, 0.3) is 0 Å². The van der Waals surface area contributed by atoms with Gasteiger partial charge in [-0.15, -0.1) is 0 Å². The van der Waals surface area contributed by atoms with Crippen molar-refractivity contribution in [1.29, 1.82) is 0 Å². The summed E-state index contributed by atoms with van der Waals surface area (Å²) in [5.74, 6) is 0.0450. The number of ether oxygens (including phenoxy) is 1. The molecule has 0 aliphatic carbocycles. The van der Waals surface area contributed by atoms with Crippen LogP contribution in [0.2, 0.25) is 0 Å². The molecule has 3 amide bonds. The van der Waals surface area contributed by atoms with Crippen molar-refractivity contribution in [2.45, 2.75) is 19.4 Å². The van der Waals surface area contributed by atoms with E-state index in [9.17, 15) is 18.0 Å². The molecule has 0 saturated carbocycles. The van der Waals surface area contributed by atoms with E-state index in [2.05, 4.69) is 16.0 Å². The van der Waals surface area contributed by atoms with Gasteiger partial charge < -0.3 is 20.7 Å². The van der Waals surface area contributed by atoms with Gasteiger partial charge in [0.1, 0.15) is 5.75 Å². The van der Waals surface area contributed by atoms with Crippen LogP contribution in [0.4, 0.5) is 21.9 Å². The summed E-state index contributed by atoms with van der Waals surface area (Å²) in [6.07, 6.45) is 0.102. The fourth-order valence-corrected chi connectivity index (χ4v) is 4.89. The van der Waals surface area contributed by atoms with Crippen molar-refractivity contribution in [3.63, 3.8) is 0 Å². The Bertz CT molecular complexity index is 1100. The second-order valence-electron chi connectivity index (χ2n) is 7.11. The van der Waals surface area contributed by atoms with Gasteiger partial charge in [-0.25, -0.2) is 13.2 Å². The van der Waals surface area contributed by atoms with Crippen molar-refractivity contribution in [2.75, 3.05) is 33.8 Å². The minimum Gasteiger partial charge on any atom is -0.479 e. The molecule has 2 heterocycles. The number of hydrogen-bond acceptors (Lipinski definition) is 5. The van der Waals surface area contributed by atoms with Gasteiger partial charge in [-0.2, -0.15) is 0 Å². The van der Waals surface area contributed by atoms with Gasteiger partial charge in [0.15, 0.2) is 6.10 Å². The average molecular weight is 430 g/mol. The lowest BCUT2D eigenvalue weighted by molar-refractivity contribution is -0.122. The van der Waals surface area contributed by atoms with Gasteiger partial charge in [0.25, 0.3) is 5.91 Å². The summed E-state index contributed by atoms with van der Waals surface area (Å²) in [6, 6.07) is 11.7. The molecule has 0 radical (unpaired) electrons. The Hall–Kier alpha value is -3.27. The summed E-state index contributed by atoms with van der Waals surface area (Å²) in [4.78, 5) is 23.9. The smallest absolute Gasteiger partial charge is 0.319 e. The van der Waals surface area contributed by atoms with Crippen LogP contribution in [0, 0.1) is 0 Å². The van der Waals surface area contributed by atoms with Crippen molar-refractivity contribution in [3.05, 3.63) is 48.0 Å². The second-order valence-corrected chi connectivity index (χ2v) is 9.12. The molecule has 0 saturated heterocycles. The highest BCUT2D eigenvalue weighted by Crippen LogP contribution is 2.32. The lowest BCUT2D eigenvalue weighted by atomic mass is 10.2. The molecule has 158 valence electrons. The first-order chi connectivity index (χ1) is 14.3. The molecule has 0 unspecified atom stereocenters. The summed E-state index contributed by atoms with van der Waals surface area (Å²) in [7, 11) is -3.54. The van der Waals surface area contributed by atoms with E-state index in [-0.39, 0.29) is 18.2 Å². The van der Waals surface area contributed by atoms with Gasteiger partial charge in [0.2, 0.25) is 10.0 Å². The first-order valence-electron chi connectivity index (χ1n) is 9.58. The van der Waals surface area contributed by atoms with Crippen LogP contribution in [0.5, 0.6) is 5.75 Å². The number of anilines is 3. The van der Waals surface area contributed by atoms with Gasteiger partial charge in [-0.3, -0.25) is 9.10 Å². The number of carbonyl (C=O) groups is 2. The van der Waals surface area contributed by atoms with Crippen LogP contribution in [-0.2, 0) is 21.2 Å². The third-order valence-corrected chi connectivity index (χ3v) is 6.77. The quantitative estimate of drug-likeness (QED) is 0.670. The third-order valence-electron chi connectivity index (χ3n) is 4.99. The minimum atomic E-state index is -3.54. The molecular formula is C20H22N4O5S. The highest BCUT2D eigenvalue weighted by atomic mass is 32.2. The molecule has 1 atom stereocenters. The number of carbonyl (C=O) groups excluding carboxylic acids is 2. The van der Waals surface area contributed by atoms with Crippen LogP contribution in [0.15, 0.2) is 42.5 Å². The fourth-order valence-electron chi connectivity index (χ4n) is 3.46. The van der Waals surface area contributed by atoms with Crippen molar-refractivity contribution in [2.24, 2.45) is 0 Å². The van der Waals surface area contributed by atoms with Gasteiger partial charge in [0, 0.05) is 18.8 Å². The van der Waals surface area contributed by atoms with E-state index in [1.54, 1.807) is 31.2 Å². The predicted octanol–water partition coefficient (Wildman–Crippen LogP) is 1.92. The van der Waals surface area contributed by atoms with E-state index in [1.807, 2.05) is 18.2 Å². The first-order valence-corrected chi connectivity index (χ1v) is 11.2. The molecule has 0 spiro atoms. The lowest BCUT2D eigenvalue weighted by Gasteiger charge is -2.23. The van der Waals surface area contributed by atoms with Crippen LogP contribution < -0.4 is 25.0 Å². The number of para-hydroxylation sites is 1. The van der Waals surface area contributed by atoms with Gasteiger partial charge in [-0.1, -0.05) is 18.2 Å². The molecule has 2 aliphatic heterocycles. The Kier molecular flexibility index (Phi) is 5.25. The molecule has 30 heavy (non-hydrogen) atoms. The zero-order valence-electron chi connectivity index (χ0n) is 16.3. The highest BCUT2D eigenvalue weighted by molar-refractivity contribution is 7.92. The molecule has 0 fully saturated rings. The molecular weight excluding hydrogens is 408 g/mol. The Balaban J connectivity index is 1.32. The Labute approximate surface area is 174 Å². The number of sulfonamides is 1. The summed E-state index contributed by atoms with van der Waals surface area (Å²) < 4.78 is 32.2. The van der Waals surface area contributed by atoms with E-state index in [0.717, 1.165) is 5.56 Å². The summed E-state index contributed by atoms with van der Waals surface area (Å²) >= 11 is 0. The molecule has 2 aromatic carbocycles. The predicted molar refractivity (Wildman–Crippen MR) is 113 cm³/mol. The second kappa shape index (κ2) is 7.86. The normalized spacial score (nSPS) is 17.4. The van der Waals surface area contributed by atoms with E-state index in [1.165, 1.54) is 4.31 Å². The van der Waals surface area contributed by atoms with Crippen LogP contribution in [-0.4, -0.2) is 45.3 Å². The average Bonchev–Trinajstić information content (AvgIpc) is 3.14. The molecule has 10 heteroatoms. The maximum Gasteiger partial charge on any atom is 0.319 e. The molecule has 2 aromatic rings. The van der Waals surface area contributed by atoms with E-state index in [4.69, 9.17) is 4.74 Å². The zero-order chi connectivity index (χ0) is 21.3. The monoisotopic (exact) mass is 430 g/mol. The third kappa shape index (κ3) is 4.04. The number of hydrogen-bond donors (Lipinski definition) is 3. The van der Waals surface area contributed by atoms with Crippen LogP contribution in [0.1, 0.15) is 12.5 Å². The molecule has 9 nitrogen and oxygen atoms in total. The van der Waals surface area contributed by atoms with Crippen LogP contribution in [0.3, 0.4) is 0 Å². The number of benzene rings is 2. The number of nitrogens with zero attached hydrogens (tertiary/aromatic N) is 1. The maximum absolute atomic E-state index is 12.7. The molecule has 4 rings (SSSR count). The van der Waals surface area contributed by atoms with Crippen LogP contribution >= 0.6 is 0 Å². The van der Waals surface area contributed by atoms with Crippen molar-refractivity contribution in [1.82, 2.24) is 5.32 Å². The lowest BCUT2D eigenvalue weighted by Crippen LogP contribution is -2.38. The Morgan fingerprint density at radius 3 is 2.90 bits per heavy atom. The standard InChI is InChI=1S/C20H22N4O5S/c1-13-19(25)23-16-12-15(6-7-18(16)29-13)22-20(26)21-9-11-30(27,28)24-10-8-14-4-2-3-5-17(14)24/h2-7,12-13H,8-11H2,1H3,(H,23,25)(H2,21,22,26)/t13-/m0/s1. The van der Waals surface area contributed by atoms with Gasteiger partial charge in [0.05, 0.1) is 17.1 Å². The van der Waals surface area contributed by atoms with Gasteiger partial charge >= 0.3 is 6.03 Å². The van der Waals surface area contributed by atoms with E-state index in [0.29, 0.717) is 35.8 Å². The molecule has 0 aromatic heterocycles. The van der Waals surface area contributed by atoms with Crippen molar-refractivity contribution >= 4 is 39.0 Å². The number of nitrogens with one attached hydrogen (secondary N) is 3. The SMILES string of the molecule is C[C@@H]1Oc2ccc(NC(=O)NCCS(=O)(=O)N3CCc4ccccc43)cc2NC1=O. The number of urea groups is 1. The van der Waals surface area contributed by atoms with Gasteiger partial charge in [-0.05, 0) is 43.2 Å². The summed E-state index contributed by atoms with van der Waals surface area (Å²) in [5.41, 5.74) is 2.62. The maximum atomic E-state index is 12.7. The molecule has 3 N–H and O–H groups in total. The molecule has 0 bridgehead atoms. The number of fused-ring (bicyclic) bond motifs is 2.